The maximum Gasteiger partial charge on any atom is 0.229 e. The van der Waals surface area contributed by atoms with Gasteiger partial charge in [-0.2, -0.15) is 0 Å². The number of benzene rings is 3. The Morgan fingerprint density at radius 1 is 0.968 bits per heavy atom. The quantitative estimate of drug-likeness (QED) is 0.288. The first-order chi connectivity index (χ1) is 15.0. The molecule has 0 saturated carbocycles. The lowest BCUT2D eigenvalue weighted by Gasteiger charge is -2.20. The Morgan fingerprint density at radius 3 is 2.45 bits per heavy atom. The lowest BCUT2D eigenvalue weighted by Crippen LogP contribution is -2.30. The van der Waals surface area contributed by atoms with E-state index in [9.17, 15) is 4.79 Å². The Hall–Kier alpha value is -2.63. The van der Waals surface area contributed by atoms with Gasteiger partial charge in [0, 0.05) is 17.1 Å². The molecule has 0 atom stereocenters. The number of carbonyl (C=O) groups excluding carboxylic acids is 1. The summed E-state index contributed by atoms with van der Waals surface area (Å²) in [5.74, 6) is 0.854. The molecule has 0 fully saturated rings. The predicted molar refractivity (Wildman–Crippen MR) is 133 cm³/mol. The third kappa shape index (κ3) is 5.35. The van der Waals surface area contributed by atoms with E-state index in [0.29, 0.717) is 13.0 Å². The molecular formula is C26H26N2OS2. The Labute approximate surface area is 192 Å². The average Bonchev–Trinajstić information content (AvgIpc) is 3.18. The molecule has 4 aromatic rings. The highest BCUT2D eigenvalue weighted by molar-refractivity contribution is 7.99. The number of aromatic nitrogens is 1. The number of nitrogens with zero attached hydrogens (tertiary/aromatic N) is 2. The van der Waals surface area contributed by atoms with Gasteiger partial charge in [-0.3, -0.25) is 9.69 Å². The molecule has 1 aromatic heterocycles. The molecule has 0 aliphatic carbocycles. The molecule has 0 saturated heterocycles. The van der Waals surface area contributed by atoms with Crippen LogP contribution in [0.15, 0.2) is 71.6 Å². The highest BCUT2D eigenvalue weighted by Crippen LogP contribution is 2.33. The third-order valence-corrected chi connectivity index (χ3v) is 7.18. The summed E-state index contributed by atoms with van der Waals surface area (Å²) in [7, 11) is 0. The van der Waals surface area contributed by atoms with Gasteiger partial charge in [-0.05, 0) is 55.7 Å². The van der Waals surface area contributed by atoms with Gasteiger partial charge in [-0.15, -0.1) is 11.8 Å². The first kappa shape index (κ1) is 21.6. The van der Waals surface area contributed by atoms with E-state index in [2.05, 4.69) is 69.3 Å². The van der Waals surface area contributed by atoms with Gasteiger partial charge in [0.05, 0.1) is 16.8 Å². The molecule has 0 radical (unpaired) electrons. The smallest absolute Gasteiger partial charge is 0.229 e. The zero-order valence-corrected chi connectivity index (χ0v) is 19.7. The van der Waals surface area contributed by atoms with Crippen molar-refractivity contribution in [2.24, 2.45) is 0 Å². The second kappa shape index (κ2) is 9.67. The number of aryl methyl sites for hydroxylation is 3. The normalized spacial score (nSPS) is 11.1. The molecule has 1 amide bonds. The van der Waals surface area contributed by atoms with E-state index in [4.69, 9.17) is 4.98 Å². The van der Waals surface area contributed by atoms with Crippen LogP contribution in [0.4, 0.5) is 5.13 Å². The maximum atomic E-state index is 13.3. The van der Waals surface area contributed by atoms with E-state index in [1.807, 2.05) is 23.1 Å². The van der Waals surface area contributed by atoms with Crippen LogP contribution in [0.2, 0.25) is 0 Å². The summed E-state index contributed by atoms with van der Waals surface area (Å²) in [5, 5.41) is 0.776. The van der Waals surface area contributed by atoms with Crippen molar-refractivity contribution in [2.45, 2.75) is 38.6 Å². The molecular weight excluding hydrogens is 420 g/mol. The lowest BCUT2D eigenvalue weighted by molar-refractivity contribution is -0.118. The van der Waals surface area contributed by atoms with Gasteiger partial charge in [-0.1, -0.05) is 65.4 Å². The number of hydrogen-bond donors (Lipinski definition) is 0. The Kier molecular flexibility index (Phi) is 6.73. The topological polar surface area (TPSA) is 33.2 Å². The summed E-state index contributed by atoms with van der Waals surface area (Å²) >= 11 is 3.32. The minimum absolute atomic E-state index is 0.108. The van der Waals surface area contributed by atoms with Crippen LogP contribution < -0.4 is 4.90 Å². The van der Waals surface area contributed by atoms with Crippen molar-refractivity contribution in [2.75, 3.05) is 10.7 Å². The summed E-state index contributed by atoms with van der Waals surface area (Å²) in [6.45, 7) is 6.80. The molecule has 3 aromatic carbocycles. The SMILES string of the molecule is Cc1ccc(SCCC(=O)N(Cc2ccccc2)c2nc3c(C)cc(C)cc3s2)cc1. The predicted octanol–water partition coefficient (Wildman–Crippen LogP) is 6.94. The number of hydrogen-bond acceptors (Lipinski definition) is 4. The van der Waals surface area contributed by atoms with Crippen molar-refractivity contribution in [3.8, 4) is 0 Å². The molecule has 5 heteroatoms. The van der Waals surface area contributed by atoms with Gasteiger partial charge < -0.3 is 0 Å². The van der Waals surface area contributed by atoms with Crippen LogP contribution in [0.1, 0.15) is 28.7 Å². The number of carbonyl (C=O) groups is 1. The van der Waals surface area contributed by atoms with Gasteiger partial charge in [0.25, 0.3) is 0 Å². The van der Waals surface area contributed by atoms with Crippen molar-refractivity contribution in [1.82, 2.24) is 4.98 Å². The average molecular weight is 447 g/mol. The van der Waals surface area contributed by atoms with E-state index >= 15 is 0 Å². The van der Waals surface area contributed by atoms with Crippen molar-refractivity contribution in [3.63, 3.8) is 0 Å². The van der Waals surface area contributed by atoms with Crippen LogP contribution in [-0.2, 0) is 11.3 Å². The van der Waals surface area contributed by atoms with Crippen molar-refractivity contribution in [1.29, 1.82) is 0 Å². The first-order valence-corrected chi connectivity index (χ1v) is 12.2. The number of amides is 1. The van der Waals surface area contributed by atoms with Gasteiger partial charge in [0.15, 0.2) is 5.13 Å². The summed E-state index contributed by atoms with van der Waals surface area (Å²) in [5.41, 5.74) is 5.71. The Morgan fingerprint density at radius 2 is 1.71 bits per heavy atom. The van der Waals surface area contributed by atoms with Crippen molar-refractivity contribution in [3.05, 3.63) is 89.0 Å². The molecule has 158 valence electrons. The fourth-order valence-electron chi connectivity index (χ4n) is 3.53. The van der Waals surface area contributed by atoms with E-state index in [-0.39, 0.29) is 5.91 Å². The number of fused-ring (bicyclic) bond motifs is 1. The minimum atomic E-state index is 0.108. The molecule has 0 aliphatic rings. The summed E-state index contributed by atoms with van der Waals surface area (Å²) < 4.78 is 1.13. The zero-order chi connectivity index (χ0) is 21.8. The standard InChI is InChI=1S/C26H26N2OS2/c1-18-9-11-22(12-10-18)30-14-13-24(29)28(17-21-7-5-4-6-8-21)26-27-25-20(3)15-19(2)16-23(25)31-26/h4-12,15-16H,13-14,17H2,1-3H3. The summed E-state index contributed by atoms with van der Waals surface area (Å²) in [6.07, 6.45) is 0.472. The fraction of sp³-hybridized carbons (Fsp3) is 0.231. The van der Waals surface area contributed by atoms with Crippen LogP contribution in [0.25, 0.3) is 10.2 Å². The molecule has 4 rings (SSSR count). The minimum Gasteiger partial charge on any atom is -0.284 e. The number of thioether (sulfide) groups is 1. The van der Waals surface area contributed by atoms with E-state index in [0.717, 1.165) is 32.2 Å². The van der Waals surface area contributed by atoms with E-state index < -0.39 is 0 Å². The van der Waals surface area contributed by atoms with Crippen LogP contribution in [0.3, 0.4) is 0 Å². The molecule has 0 N–H and O–H groups in total. The lowest BCUT2D eigenvalue weighted by atomic mass is 10.1. The van der Waals surface area contributed by atoms with Crippen molar-refractivity contribution >= 4 is 44.4 Å². The first-order valence-electron chi connectivity index (χ1n) is 10.4. The van der Waals surface area contributed by atoms with Gasteiger partial charge in [-0.25, -0.2) is 4.98 Å². The van der Waals surface area contributed by atoms with E-state index in [1.54, 1.807) is 23.1 Å². The van der Waals surface area contributed by atoms with Crippen LogP contribution in [0, 0.1) is 20.8 Å². The number of rotatable bonds is 7. The van der Waals surface area contributed by atoms with E-state index in [1.165, 1.54) is 16.0 Å². The second-order valence-corrected chi connectivity index (χ2v) is 9.98. The Bertz CT molecular complexity index is 1180. The fourth-order valence-corrected chi connectivity index (χ4v) is 5.53. The summed E-state index contributed by atoms with van der Waals surface area (Å²) in [6, 6.07) is 22.9. The van der Waals surface area contributed by atoms with Crippen LogP contribution in [0.5, 0.6) is 0 Å². The third-order valence-electron chi connectivity index (χ3n) is 5.14. The Balaban J connectivity index is 1.55. The van der Waals surface area contributed by atoms with Gasteiger partial charge in [0.2, 0.25) is 5.91 Å². The van der Waals surface area contributed by atoms with Gasteiger partial charge in [0.1, 0.15) is 0 Å². The molecule has 31 heavy (non-hydrogen) atoms. The summed E-state index contributed by atoms with van der Waals surface area (Å²) in [4.78, 5) is 21.2. The number of anilines is 1. The highest BCUT2D eigenvalue weighted by Gasteiger charge is 2.20. The molecule has 3 nitrogen and oxygen atoms in total. The molecule has 1 heterocycles. The largest absolute Gasteiger partial charge is 0.284 e. The van der Waals surface area contributed by atoms with Crippen LogP contribution >= 0.6 is 23.1 Å². The zero-order valence-electron chi connectivity index (χ0n) is 18.1. The van der Waals surface area contributed by atoms with Gasteiger partial charge >= 0.3 is 0 Å². The number of thiazole rings is 1. The molecule has 0 bridgehead atoms. The van der Waals surface area contributed by atoms with Crippen molar-refractivity contribution < 1.29 is 4.79 Å². The highest BCUT2D eigenvalue weighted by atomic mass is 32.2. The monoisotopic (exact) mass is 446 g/mol. The second-order valence-electron chi connectivity index (χ2n) is 7.80. The maximum absolute atomic E-state index is 13.3. The van der Waals surface area contributed by atoms with Crippen LogP contribution in [-0.4, -0.2) is 16.6 Å². The molecule has 0 unspecified atom stereocenters. The molecule has 0 aliphatic heterocycles. The molecule has 0 spiro atoms.